The van der Waals surface area contributed by atoms with Crippen LogP contribution in [0.3, 0.4) is 0 Å². The van der Waals surface area contributed by atoms with Gasteiger partial charge in [-0.2, -0.15) is 10.4 Å². The SMILES string of the molecule is Cc1nn(Cc2ncccc2C#N)c(C)c1-c1c(C(N)=O)nc2ccccc2c1C(N)=O. The summed E-state index contributed by atoms with van der Waals surface area (Å²) in [5.74, 6) is -1.49. The number of pyridine rings is 2. The second kappa shape index (κ2) is 7.92. The van der Waals surface area contributed by atoms with Gasteiger partial charge in [0.05, 0.1) is 34.6 Å². The maximum absolute atomic E-state index is 12.6. The molecule has 4 rings (SSSR count). The van der Waals surface area contributed by atoms with Gasteiger partial charge in [0.15, 0.2) is 0 Å². The number of nitrogens with two attached hydrogens (primary N) is 2. The van der Waals surface area contributed by atoms with E-state index in [9.17, 15) is 14.9 Å². The predicted molar refractivity (Wildman–Crippen MR) is 118 cm³/mol. The highest BCUT2D eigenvalue weighted by Gasteiger charge is 2.27. The first-order valence-corrected chi connectivity index (χ1v) is 9.74. The minimum Gasteiger partial charge on any atom is -0.366 e. The van der Waals surface area contributed by atoms with E-state index < -0.39 is 11.8 Å². The zero-order valence-corrected chi connectivity index (χ0v) is 17.5. The van der Waals surface area contributed by atoms with E-state index in [1.807, 2.05) is 0 Å². The van der Waals surface area contributed by atoms with E-state index in [1.165, 1.54) is 0 Å². The molecule has 3 heterocycles. The Bertz CT molecular complexity index is 1450. The quantitative estimate of drug-likeness (QED) is 0.500. The van der Waals surface area contributed by atoms with Crippen molar-refractivity contribution in [3.8, 4) is 17.2 Å². The molecule has 0 unspecified atom stereocenters. The molecule has 0 aliphatic rings. The van der Waals surface area contributed by atoms with Crippen LogP contribution in [0, 0.1) is 25.2 Å². The fourth-order valence-corrected chi connectivity index (χ4v) is 3.91. The van der Waals surface area contributed by atoms with E-state index in [4.69, 9.17) is 11.5 Å². The van der Waals surface area contributed by atoms with Gasteiger partial charge in [-0.15, -0.1) is 0 Å². The summed E-state index contributed by atoms with van der Waals surface area (Å²) in [6.45, 7) is 3.79. The molecule has 158 valence electrons. The molecule has 32 heavy (non-hydrogen) atoms. The number of hydrogen-bond donors (Lipinski definition) is 2. The first-order chi connectivity index (χ1) is 15.3. The first-order valence-electron chi connectivity index (χ1n) is 9.74. The van der Waals surface area contributed by atoms with Crippen molar-refractivity contribution in [3.05, 3.63) is 76.5 Å². The number of fused-ring (bicyclic) bond motifs is 1. The van der Waals surface area contributed by atoms with Gasteiger partial charge >= 0.3 is 0 Å². The van der Waals surface area contributed by atoms with Crippen LogP contribution in [0.1, 0.15) is 43.5 Å². The molecule has 4 N–H and O–H groups in total. The van der Waals surface area contributed by atoms with Crippen LogP contribution in [0.4, 0.5) is 0 Å². The maximum atomic E-state index is 12.6. The molecule has 1 aromatic carbocycles. The third-order valence-electron chi connectivity index (χ3n) is 5.31. The van der Waals surface area contributed by atoms with E-state index in [2.05, 4.69) is 21.1 Å². The number of carbonyl (C=O) groups excluding carboxylic acids is 2. The highest BCUT2D eigenvalue weighted by atomic mass is 16.1. The van der Waals surface area contributed by atoms with Crippen molar-refractivity contribution in [1.82, 2.24) is 19.7 Å². The number of benzene rings is 1. The molecule has 0 bridgehead atoms. The van der Waals surface area contributed by atoms with Gasteiger partial charge in [-0.3, -0.25) is 19.3 Å². The van der Waals surface area contributed by atoms with Crippen molar-refractivity contribution in [3.63, 3.8) is 0 Å². The second-order valence-corrected chi connectivity index (χ2v) is 7.27. The number of nitrogens with zero attached hydrogens (tertiary/aromatic N) is 5. The number of hydrogen-bond acceptors (Lipinski definition) is 6. The largest absolute Gasteiger partial charge is 0.366 e. The smallest absolute Gasteiger partial charge is 0.267 e. The Kier molecular flexibility index (Phi) is 5.12. The Morgan fingerprint density at radius 2 is 1.81 bits per heavy atom. The van der Waals surface area contributed by atoms with Crippen molar-refractivity contribution < 1.29 is 9.59 Å². The lowest BCUT2D eigenvalue weighted by Gasteiger charge is -2.14. The summed E-state index contributed by atoms with van der Waals surface area (Å²) in [6, 6.07) is 12.4. The average Bonchev–Trinajstić information content (AvgIpc) is 3.05. The Labute approximate surface area is 183 Å². The van der Waals surface area contributed by atoms with Crippen LogP contribution in [0.5, 0.6) is 0 Å². The Hall–Kier alpha value is -4.58. The molecular weight excluding hydrogens is 406 g/mol. The molecule has 9 nitrogen and oxygen atoms in total. The molecule has 4 aromatic rings. The zero-order chi connectivity index (χ0) is 23.0. The zero-order valence-electron chi connectivity index (χ0n) is 17.5. The van der Waals surface area contributed by atoms with Gasteiger partial charge in [0.2, 0.25) is 5.91 Å². The minimum absolute atomic E-state index is 0.0567. The molecule has 2 amide bonds. The van der Waals surface area contributed by atoms with Crippen LogP contribution in [-0.2, 0) is 6.54 Å². The molecule has 0 spiro atoms. The molecule has 0 aliphatic carbocycles. The van der Waals surface area contributed by atoms with Gasteiger partial charge in [-0.1, -0.05) is 18.2 Å². The van der Waals surface area contributed by atoms with E-state index in [0.29, 0.717) is 39.1 Å². The summed E-state index contributed by atoms with van der Waals surface area (Å²) in [6.07, 6.45) is 1.60. The standard InChI is InChI=1S/C23H19N7O2/c1-12-18(13(2)30(29-12)11-17-14(10-24)6-5-9-27-17)20-19(22(25)31)15-7-3-4-8-16(15)28-21(20)23(26)32/h3-9H,11H2,1-2H3,(H2,25,31)(H2,26,32). The van der Waals surface area contributed by atoms with Gasteiger partial charge in [-0.05, 0) is 32.0 Å². The Morgan fingerprint density at radius 1 is 1.06 bits per heavy atom. The summed E-state index contributed by atoms with van der Waals surface area (Å²) >= 11 is 0. The number of aromatic nitrogens is 4. The number of carbonyl (C=O) groups is 2. The third kappa shape index (κ3) is 3.33. The fraction of sp³-hybridized carbons (Fsp3) is 0.130. The van der Waals surface area contributed by atoms with E-state index in [0.717, 1.165) is 0 Å². The highest BCUT2D eigenvalue weighted by molar-refractivity contribution is 6.15. The lowest BCUT2D eigenvalue weighted by atomic mass is 9.92. The lowest BCUT2D eigenvalue weighted by Crippen LogP contribution is -2.21. The van der Waals surface area contributed by atoms with Crippen LogP contribution in [0.25, 0.3) is 22.0 Å². The molecule has 0 fully saturated rings. The number of amides is 2. The molecule has 0 saturated heterocycles. The van der Waals surface area contributed by atoms with Crippen molar-refractivity contribution in [2.45, 2.75) is 20.4 Å². The van der Waals surface area contributed by atoms with Crippen molar-refractivity contribution in [2.24, 2.45) is 11.5 Å². The monoisotopic (exact) mass is 425 g/mol. The molecule has 0 aliphatic heterocycles. The Balaban J connectivity index is 2.01. The topological polar surface area (TPSA) is 154 Å². The van der Waals surface area contributed by atoms with Gasteiger partial charge in [0, 0.05) is 28.4 Å². The minimum atomic E-state index is -0.781. The average molecular weight is 425 g/mol. The van der Waals surface area contributed by atoms with Crippen LogP contribution in [0.15, 0.2) is 42.6 Å². The van der Waals surface area contributed by atoms with Gasteiger partial charge in [0.1, 0.15) is 11.8 Å². The summed E-state index contributed by atoms with van der Waals surface area (Å²) < 4.78 is 1.67. The maximum Gasteiger partial charge on any atom is 0.267 e. The van der Waals surface area contributed by atoms with Crippen LogP contribution >= 0.6 is 0 Å². The predicted octanol–water partition coefficient (Wildman–Crippen LogP) is 2.23. The fourth-order valence-electron chi connectivity index (χ4n) is 3.91. The van der Waals surface area contributed by atoms with Gasteiger partial charge in [0.25, 0.3) is 5.91 Å². The van der Waals surface area contributed by atoms with Crippen LogP contribution in [0.2, 0.25) is 0 Å². The Morgan fingerprint density at radius 3 is 2.50 bits per heavy atom. The van der Waals surface area contributed by atoms with Gasteiger partial charge < -0.3 is 11.5 Å². The summed E-state index contributed by atoms with van der Waals surface area (Å²) in [5.41, 5.74) is 14.9. The molecule has 0 atom stereocenters. The number of primary amides is 2. The molecular formula is C23H19N7O2. The summed E-state index contributed by atoms with van der Waals surface area (Å²) in [5, 5.41) is 14.5. The highest BCUT2D eigenvalue weighted by Crippen LogP contribution is 2.36. The van der Waals surface area contributed by atoms with Crippen molar-refractivity contribution in [2.75, 3.05) is 0 Å². The third-order valence-corrected chi connectivity index (χ3v) is 5.31. The van der Waals surface area contributed by atoms with Gasteiger partial charge in [-0.25, -0.2) is 4.98 Å². The number of aryl methyl sites for hydroxylation is 1. The first kappa shape index (κ1) is 20.7. The van der Waals surface area contributed by atoms with Crippen molar-refractivity contribution >= 4 is 22.7 Å². The van der Waals surface area contributed by atoms with Crippen molar-refractivity contribution in [1.29, 1.82) is 5.26 Å². The molecule has 0 radical (unpaired) electrons. The summed E-state index contributed by atoms with van der Waals surface area (Å²) in [4.78, 5) is 33.6. The molecule has 9 heteroatoms. The van der Waals surface area contributed by atoms with E-state index >= 15 is 0 Å². The second-order valence-electron chi connectivity index (χ2n) is 7.27. The normalized spacial score (nSPS) is 10.8. The van der Waals surface area contributed by atoms with Crippen LogP contribution in [-0.4, -0.2) is 31.6 Å². The number of para-hydroxylation sites is 1. The lowest BCUT2D eigenvalue weighted by molar-refractivity contribution is 0.0996. The van der Waals surface area contributed by atoms with E-state index in [1.54, 1.807) is 61.1 Å². The molecule has 0 saturated carbocycles. The molecule has 3 aromatic heterocycles. The number of nitriles is 1. The summed E-state index contributed by atoms with van der Waals surface area (Å²) in [7, 11) is 0. The van der Waals surface area contributed by atoms with Crippen LogP contribution < -0.4 is 11.5 Å². The number of rotatable bonds is 5. The van der Waals surface area contributed by atoms with E-state index in [-0.39, 0.29) is 23.4 Å².